The number of allylic oxidation sites excluding steroid dienone is 1. The van der Waals surface area contributed by atoms with Gasteiger partial charge in [0.1, 0.15) is 12.2 Å². The Morgan fingerprint density at radius 1 is 1.18 bits per heavy atom. The van der Waals surface area contributed by atoms with E-state index in [0.29, 0.717) is 24.8 Å². The van der Waals surface area contributed by atoms with Crippen molar-refractivity contribution in [1.29, 1.82) is 0 Å². The summed E-state index contributed by atoms with van der Waals surface area (Å²) in [5, 5.41) is 32.8. The Balaban J connectivity index is 1.30. The first-order valence-electron chi connectivity index (χ1n) is 13.6. The first-order chi connectivity index (χ1) is 18.4. The molecule has 2 N–H and O–H groups in total. The highest BCUT2D eigenvalue weighted by atomic mass is 16.9. The predicted octanol–water partition coefficient (Wildman–Crippen LogP) is 3.35. The summed E-state index contributed by atoms with van der Waals surface area (Å²) in [4.78, 5) is 53.0. The molecule has 4 aliphatic rings. The number of aliphatic hydroxyl groups is 2. The van der Waals surface area contributed by atoms with E-state index in [0.717, 1.165) is 18.4 Å². The number of hydrogen-bond donors (Lipinski definition) is 2. The average Bonchev–Trinajstić information content (AvgIpc) is 3.17. The van der Waals surface area contributed by atoms with Crippen molar-refractivity contribution in [2.75, 3.05) is 6.61 Å². The van der Waals surface area contributed by atoms with Crippen molar-refractivity contribution in [2.45, 2.75) is 77.1 Å². The third kappa shape index (κ3) is 4.47. The van der Waals surface area contributed by atoms with Crippen molar-refractivity contribution < 1.29 is 39.3 Å². The number of ether oxygens (including phenoxy) is 1. The summed E-state index contributed by atoms with van der Waals surface area (Å²) in [6.45, 7) is 3.08. The molecule has 4 aliphatic carbocycles. The molecule has 0 heterocycles. The number of carbonyl (C=O) groups is 3. The number of carbonyl (C=O) groups excluding carboxylic acids is 3. The lowest BCUT2D eigenvalue weighted by atomic mass is 9.45. The van der Waals surface area contributed by atoms with Crippen LogP contribution in [-0.2, 0) is 25.8 Å². The van der Waals surface area contributed by atoms with Gasteiger partial charge in [-0.2, -0.15) is 0 Å². The highest BCUT2D eigenvalue weighted by molar-refractivity contribution is 5.94. The maximum absolute atomic E-state index is 13.5. The summed E-state index contributed by atoms with van der Waals surface area (Å²) >= 11 is 0. The molecule has 0 aromatic heterocycles. The van der Waals surface area contributed by atoms with E-state index in [1.807, 2.05) is 6.92 Å². The molecule has 5 rings (SSSR count). The second kappa shape index (κ2) is 9.82. The van der Waals surface area contributed by atoms with Crippen LogP contribution < -0.4 is 0 Å². The van der Waals surface area contributed by atoms with Crippen molar-refractivity contribution in [1.82, 2.24) is 0 Å². The minimum Gasteiger partial charge on any atom is -0.454 e. The van der Waals surface area contributed by atoms with Gasteiger partial charge < -0.3 is 19.8 Å². The van der Waals surface area contributed by atoms with Gasteiger partial charge in [0.05, 0.1) is 11.7 Å². The zero-order valence-corrected chi connectivity index (χ0v) is 22.3. The molecule has 0 radical (unpaired) electrons. The lowest BCUT2D eigenvalue weighted by molar-refractivity contribution is -0.763. The molecule has 7 unspecified atom stereocenters. The van der Waals surface area contributed by atoms with E-state index in [1.54, 1.807) is 12.1 Å². The minimum atomic E-state index is -1.75. The van der Waals surface area contributed by atoms with Crippen molar-refractivity contribution in [3.05, 3.63) is 57.2 Å². The molecular weight excluding hydrogens is 506 g/mol. The van der Waals surface area contributed by atoms with Crippen molar-refractivity contribution in [2.24, 2.45) is 28.6 Å². The molecule has 0 aliphatic heterocycles. The van der Waals surface area contributed by atoms with E-state index in [2.05, 4.69) is 11.8 Å². The van der Waals surface area contributed by atoms with Gasteiger partial charge in [0, 0.05) is 11.8 Å². The van der Waals surface area contributed by atoms with Gasteiger partial charge in [-0.3, -0.25) is 9.59 Å². The van der Waals surface area contributed by atoms with Crippen LogP contribution in [0.5, 0.6) is 0 Å². The maximum atomic E-state index is 13.5. The third-order valence-corrected chi connectivity index (χ3v) is 10.3. The van der Waals surface area contributed by atoms with E-state index < -0.39 is 40.6 Å². The van der Waals surface area contributed by atoms with Crippen LogP contribution in [-0.4, -0.2) is 51.1 Å². The summed E-state index contributed by atoms with van der Waals surface area (Å²) in [6.07, 6.45) is 4.90. The molecule has 1 aromatic carbocycles. The average molecular weight is 542 g/mol. The number of fused-ring (bicyclic) bond motifs is 5. The molecule has 0 bridgehead atoms. The Labute approximate surface area is 226 Å². The van der Waals surface area contributed by atoms with E-state index in [-0.39, 0.29) is 54.0 Å². The monoisotopic (exact) mass is 541 g/mol. The largest absolute Gasteiger partial charge is 0.454 e. The molecule has 39 heavy (non-hydrogen) atoms. The number of aliphatic hydroxyl groups excluding tert-OH is 1. The fourth-order valence-corrected chi connectivity index (χ4v) is 8.40. The molecule has 0 saturated heterocycles. The Bertz CT molecular complexity index is 1240. The van der Waals surface area contributed by atoms with Crippen molar-refractivity contribution in [3.63, 3.8) is 0 Å². The lowest BCUT2D eigenvalue weighted by Gasteiger charge is -2.60. The van der Waals surface area contributed by atoms with Crippen LogP contribution in [0.2, 0.25) is 0 Å². The Morgan fingerprint density at radius 2 is 1.95 bits per heavy atom. The van der Waals surface area contributed by atoms with Gasteiger partial charge in [-0.05, 0) is 85.5 Å². The Morgan fingerprint density at radius 3 is 2.69 bits per heavy atom. The van der Waals surface area contributed by atoms with Crippen LogP contribution in [0.15, 0.2) is 35.9 Å². The van der Waals surface area contributed by atoms with E-state index in [1.165, 1.54) is 18.2 Å². The van der Waals surface area contributed by atoms with Crippen LogP contribution in [0, 0.1) is 38.7 Å². The Kier molecular flexibility index (Phi) is 6.91. The first-order valence-corrected chi connectivity index (χ1v) is 13.6. The summed E-state index contributed by atoms with van der Waals surface area (Å²) in [6, 6.07) is 5.94. The van der Waals surface area contributed by atoms with Crippen molar-refractivity contribution in [3.8, 4) is 0 Å². The number of ketones is 2. The van der Waals surface area contributed by atoms with Gasteiger partial charge in [0.15, 0.2) is 12.4 Å². The van der Waals surface area contributed by atoms with Crippen LogP contribution in [0.25, 0.3) is 0 Å². The summed E-state index contributed by atoms with van der Waals surface area (Å²) in [7, 11) is 0. The smallest absolute Gasteiger partial charge is 0.338 e. The van der Waals surface area contributed by atoms with Crippen molar-refractivity contribution >= 4 is 17.5 Å². The summed E-state index contributed by atoms with van der Waals surface area (Å²) < 4.78 is 5.28. The Hall–Kier alpha value is -3.11. The number of esters is 1. The topological polar surface area (TPSA) is 153 Å². The normalized spacial score (nSPS) is 37.1. The van der Waals surface area contributed by atoms with Gasteiger partial charge in [-0.25, -0.2) is 4.79 Å². The number of hydrogen-bond acceptors (Lipinski definition) is 9. The maximum Gasteiger partial charge on any atom is 0.338 e. The highest BCUT2D eigenvalue weighted by Crippen LogP contribution is 2.67. The molecule has 0 amide bonds. The highest BCUT2D eigenvalue weighted by Gasteiger charge is 2.68. The molecular formula is C29H35NO9. The molecule has 210 valence electrons. The van der Waals surface area contributed by atoms with Gasteiger partial charge in [0.2, 0.25) is 5.78 Å². The third-order valence-electron chi connectivity index (χ3n) is 10.3. The predicted molar refractivity (Wildman–Crippen MR) is 137 cm³/mol. The zero-order valence-electron chi connectivity index (χ0n) is 22.3. The molecule has 7 atom stereocenters. The fraction of sp³-hybridized carbons (Fsp3) is 0.621. The molecule has 10 heteroatoms. The molecule has 1 aromatic rings. The number of nitrogens with zero attached hydrogens (tertiary/aromatic N) is 1. The SMILES string of the molecule is CC12CCC(=O)C=C1CCC1C2C(O)CC2(C)C1CCC2(O)C(=O)COC(=O)c1cccc(CO[N+](=O)[O-])c1. The number of rotatable bonds is 7. The number of benzene rings is 1. The van der Waals surface area contributed by atoms with E-state index in [9.17, 15) is 34.7 Å². The zero-order chi connectivity index (χ0) is 28.2. The molecule has 10 nitrogen and oxygen atoms in total. The quantitative estimate of drug-likeness (QED) is 0.300. The van der Waals surface area contributed by atoms with Gasteiger partial charge in [-0.1, -0.05) is 31.6 Å². The van der Waals surface area contributed by atoms with Crippen LogP contribution in [0.1, 0.15) is 74.7 Å². The minimum absolute atomic E-state index is 0.0184. The summed E-state index contributed by atoms with van der Waals surface area (Å²) in [5.41, 5.74) is -1.27. The van der Waals surface area contributed by atoms with Crippen LogP contribution in [0.4, 0.5) is 0 Å². The van der Waals surface area contributed by atoms with Gasteiger partial charge in [0.25, 0.3) is 5.09 Å². The van der Waals surface area contributed by atoms with Gasteiger partial charge in [-0.15, -0.1) is 10.1 Å². The second-order valence-corrected chi connectivity index (χ2v) is 12.2. The second-order valence-electron chi connectivity index (χ2n) is 12.2. The summed E-state index contributed by atoms with van der Waals surface area (Å²) in [5.74, 6) is -1.14. The van der Waals surface area contributed by atoms with E-state index in [4.69, 9.17) is 4.74 Å². The molecule has 3 saturated carbocycles. The number of Topliss-reactive ketones (excluding diaryl/α,β-unsaturated/α-hetero) is 1. The first kappa shape index (κ1) is 27.5. The molecule has 3 fully saturated rings. The van der Waals surface area contributed by atoms with E-state index >= 15 is 0 Å². The fourth-order valence-electron chi connectivity index (χ4n) is 8.40. The van der Waals surface area contributed by atoms with Gasteiger partial charge >= 0.3 is 5.97 Å². The van der Waals surface area contributed by atoms with Crippen LogP contribution in [0.3, 0.4) is 0 Å². The van der Waals surface area contributed by atoms with Crippen LogP contribution >= 0.6 is 0 Å². The lowest BCUT2D eigenvalue weighted by Crippen LogP contribution is -2.62. The standard InChI is InChI=1S/C29H35NO9/c1-27-10-8-20(31)13-19(27)6-7-21-22-9-11-29(35,28(22,2)14-23(32)25(21)27)24(33)16-38-26(34)18-5-3-4-17(12-18)15-39-30(36)37/h3-5,12-13,21-23,25,32,35H,6-11,14-16H2,1-2H3. The molecule has 0 spiro atoms.